The second-order valence-electron chi connectivity index (χ2n) is 3.69. The Morgan fingerprint density at radius 2 is 1.76 bits per heavy atom. The minimum Gasteiger partial charge on any atom is -0.501 e. The molecule has 0 bridgehead atoms. The fourth-order valence-electron chi connectivity index (χ4n) is 1.33. The molecule has 0 aliphatic rings. The zero-order valence-corrected chi connectivity index (χ0v) is 10.2. The van der Waals surface area contributed by atoms with Crippen LogP contribution in [0, 0.1) is 0 Å². The standard InChI is InChI=1S/C14H21NO2/c15-9-13-17-11-5-4-10-16-12-8-14-6-2-1-3-7-14/h1-3,6-8,12H,4-5,9-11,13,15H2. The van der Waals surface area contributed by atoms with Crippen LogP contribution in [0.15, 0.2) is 36.6 Å². The van der Waals surface area contributed by atoms with Crippen LogP contribution in [0.1, 0.15) is 18.4 Å². The van der Waals surface area contributed by atoms with Gasteiger partial charge in [0, 0.05) is 13.2 Å². The molecule has 0 heterocycles. The summed E-state index contributed by atoms with van der Waals surface area (Å²) in [5.74, 6) is 0. The van der Waals surface area contributed by atoms with E-state index >= 15 is 0 Å². The van der Waals surface area contributed by atoms with Crippen molar-refractivity contribution >= 4 is 6.08 Å². The summed E-state index contributed by atoms with van der Waals surface area (Å²) >= 11 is 0. The summed E-state index contributed by atoms with van der Waals surface area (Å²) in [6.45, 7) is 2.74. The largest absolute Gasteiger partial charge is 0.501 e. The van der Waals surface area contributed by atoms with Gasteiger partial charge in [-0.3, -0.25) is 0 Å². The lowest BCUT2D eigenvalue weighted by atomic mass is 10.2. The van der Waals surface area contributed by atoms with Crippen LogP contribution in [0.25, 0.3) is 6.08 Å². The van der Waals surface area contributed by atoms with Crippen molar-refractivity contribution in [3.8, 4) is 0 Å². The summed E-state index contributed by atoms with van der Waals surface area (Å²) in [5, 5.41) is 0. The fraction of sp³-hybridized carbons (Fsp3) is 0.429. The van der Waals surface area contributed by atoms with E-state index in [1.54, 1.807) is 6.26 Å². The number of hydrogen-bond acceptors (Lipinski definition) is 3. The highest BCUT2D eigenvalue weighted by atomic mass is 16.5. The third kappa shape index (κ3) is 7.55. The number of hydrogen-bond donors (Lipinski definition) is 1. The van der Waals surface area contributed by atoms with E-state index in [1.165, 1.54) is 0 Å². The first-order chi connectivity index (χ1) is 8.43. The van der Waals surface area contributed by atoms with Crippen LogP contribution >= 0.6 is 0 Å². The first-order valence-corrected chi connectivity index (χ1v) is 6.04. The van der Waals surface area contributed by atoms with Crippen LogP contribution in [0.2, 0.25) is 0 Å². The number of benzene rings is 1. The number of unbranched alkanes of at least 4 members (excludes halogenated alkanes) is 1. The van der Waals surface area contributed by atoms with E-state index in [0.717, 1.165) is 31.6 Å². The number of rotatable bonds is 9. The molecule has 3 nitrogen and oxygen atoms in total. The summed E-state index contributed by atoms with van der Waals surface area (Å²) in [6, 6.07) is 10.1. The van der Waals surface area contributed by atoms with Crippen LogP contribution in [-0.4, -0.2) is 26.4 Å². The molecule has 0 amide bonds. The van der Waals surface area contributed by atoms with Crippen molar-refractivity contribution in [1.82, 2.24) is 0 Å². The summed E-state index contributed by atoms with van der Waals surface area (Å²) in [5.41, 5.74) is 6.46. The van der Waals surface area contributed by atoms with Crippen molar-refractivity contribution in [2.24, 2.45) is 5.73 Å². The van der Waals surface area contributed by atoms with Gasteiger partial charge in [-0.2, -0.15) is 0 Å². The van der Waals surface area contributed by atoms with Crippen LogP contribution in [0.5, 0.6) is 0 Å². The normalized spacial score (nSPS) is 10.9. The molecule has 17 heavy (non-hydrogen) atoms. The van der Waals surface area contributed by atoms with E-state index in [1.807, 2.05) is 36.4 Å². The smallest absolute Gasteiger partial charge is 0.0874 e. The molecular weight excluding hydrogens is 214 g/mol. The molecule has 1 aromatic carbocycles. The first kappa shape index (κ1) is 13.7. The average Bonchev–Trinajstić information content (AvgIpc) is 2.38. The Kier molecular flexibility index (Phi) is 7.98. The summed E-state index contributed by atoms with van der Waals surface area (Å²) in [4.78, 5) is 0. The molecule has 0 fully saturated rings. The zero-order valence-electron chi connectivity index (χ0n) is 10.2. The van der Waals surface area contributed by atoms with Crippen molar-refractivity contribution in [3.05, 3.63) is 42.2 Å². The van der Waals surface area contributed by atoms with E-state index in [9.17, 15) is 0 Å². The molecule has 94 valence electrons. The average molecular weight is 235 g/mol. The Bertz CT molecular complexity index is 298. The van der Waals surface area contributed by atoms with Gasteiger partial charge in [-0.1, -0.05) is 30.3 Å². The van der Waals surface area contributed by atoms with E-state index in [2.05, 4.69) is 0 Å². The molecule has 1 rings (SSSR count). The molecular formula is C14H21NO2. The van der Waals surface area contributed by atoms with Crippen LogP contribution in [0.3, 0.4) is 0 Å². The first-order valence-electron chi connectivity index (χ1n) is 6.04. The van der Waals surface area contributed by atoms with Crippen LogP contribution in [0.4, 0.5) is 0 Å². The Labute approximate surface area is 103 Å². The lowest BCUT2D eigenvalue weighted by molar-refractivity contribution is 0.130. The SMILES string of the molecule is NCCOCCCCOC=Cc1ccccc1. The van der Waals surface area contributed by atoms with E-state index in [-0.39, 0.29) is 0 Å². The second-order valence-corrected chi connectivity index (χ2v) is 3.69. The maximum absolute atomic E-state index is 5.38. The van der Waals surface area contributed by atoms with Crippen molar-refractivity contribution in [1.29, 1.82) is 0 Å². The van der Waals surface area contributed by atoms with Crippen molar-refractivity contribution in [2.45, 2.75) is 12.8 Å². The number of nitrogens with two attached hydrogens (primary N) is 1. The van der Waals surface area contributed by atoms with Gasteiger partial charge in [0.2, 0.25) is 0 Å². The maximum Gasteiger partial charge on any atom is 0.0874 e. The third-order valence-electron chi connectivity index (χ3n) is 2.22. The van der Waals surface area contributed by atoms with Crippen molar-refractivity contribution in [3.63, 3.8) is 0 Å². The molecule has 0 spiro atoms. The Morgan fingerprint density at radius 1 is 1.00 bits per heavy atom. The lowest BCUT2D eigenvalue weighted by Crippen LogP contribution is -2.09. The molecule has 0 saturated heterocycles. The minimum absolute atomic E-state index is 0.594. The van der Waals surface area contributed by atoms with Gasteiger partial charge in [-0.05, 0) is 24.5 Å². The minimum atomic E-state index is 0.594. The van der Waals surface area contributed by atoms with Gasteiger partial charge in [0.05, 0.1) is 19.5 Å². The summed E-state index contributed by atoms with van der Waals surface area (Å²) < 4.78 is 10.6. The molecule has 1 aromatic rings. The summed E-state index contributed by atoms with van der Waals surface area (Å²) in [7, 11) is 0. The second kappa shape index (κ2) is 9.87. The molecule has 3 heteroatoms. The third-order valence-corrected chi connectivity index (χ3v) is 2.22. The van der Waals surface area contributed by atoms with E-state index in [0.29, 0.717) is 13.2 Å². The Balaban J connectivity index is 1.95. The molecule has 0 aromatic heterocycles. The van der Waals surface area contributed by atoms with Crippen LogP contribution in [-0.2, 0) is 9.47 Å². The Hall–Kier alpha value is -1.32. The fourth-order valence-corrected chi connectivity index (χ4v) is 1.33. The molecule has 0 radical (unpaired) electrons. The molecule has 0 aliphatic heterocycles. The van der Waals surface area contributed by atoms with E-state index < -0.39 is 0 Å². The van der Waals surface area contributed by atoms with Crippen LogP contribution < -0.4 is 5.73 Å². The van der Waals surface area contributed by atoms with Gasteiger partial charge in [-0.15, -0.1) is 0 Å². The topological polar surface area (TPSA) is 44.5 Å². The lowest BCUT2D eigenvalue weighted by Gasteiger charge is -2.02. The molecule has 0 atom stereocenters. The molecule has 0 aliphatic carbocycles. The highest BCUT2D eigenvalue weighted by molar-refractivity contribution is 5.47. The van der Waals surface area contributed by atoms with Gasteiger partial charge in [-0.25, -0.2) is 0 Å². The highest BCUT2D eigenvalue weighted by Gasteiger charge is 1.89. The quantitative estimate of drug-likeness (QED) is 0.528. The molecule has 0 unspecified atom stereocenters. The number of ether oxygens (including phenoxy) is 2. The predicted molar refractivity (Wildman–Crippen MR) is 70.5 cm³/mol. The molecule has 2 N–H and O–H groups in total. The van der Waals surface area contributed by atoms with Gasteiger partial charge in [0.1, 0.15) is 0 Å². The van der Waals surface area contributed by atoms with Crippen molar-refractivity contribution in [2.75, 3.05) is 26.4 Å². The van der Waals surface area contributed by atoms with Gasteiger partial charge in [0.15, 0.2) is 0 Å². The maximum atomic E-state index is 5.38. The zero-order chi connectivity index (χ0) is 12.2. The monoisotopic (exact) mass is 235 g/mol. The highest BCUT2D eigenvalue weighted by Crippen LogP contribution is 2.01. The van der Waals surface area contributed by atoms with E-state index in [4.69, 9.17) is 15.2 Å². The summed E-state index contributed by atoms with van der Waals surface area (Å²) in [6.07, 6.45) is 5.73. The van der Waals surface area contributed by atoms with Crippen molar-refractivity contribution < 1.29 is 9.47 Å². The Morgan fingerprint density at radius 3 is 2.53 bits per heavy atom. The molecule has 0 saturated carbocycles. The van der Waals surface area contributed by atoms with Gasteiger partial charge < -0.3 is 15.2 Å². The van der Waals surface area contributed by atoms with Gasteiger partial charge >= 0.3 is 0 Å². The predicted octanol–water partition coefficient (Wildman–Crippen LogP) is 2.43. The van der Waals surface area contributed by atoms with Gasteiger partial charge in [0.25, 0.3) is 0 Å².